The quantitative estimate of drug-likeness (QED) is 0.120. The molecule has 0 spiro atoms. The third-order valence-corrected chi connectivity index (χ3v) is 16.5. The van der Waals surface area contributed by atoms with Gasteiger partial charge in [-0.15, -0.1) is 0 Å². The molecule has 0 aromatic heterocycles. The van der Waals surface area contributed by atoms with Gasteiger partial charge in [0.15, 0.2) is 0 Å². The van der Waals surface area contributed by atoms with Crippen LogP contribution in [0.25, 0.3) is 6.08 Å². The Morgan fingerprint density at radius 2 is 1.65 bits per heavy atom. The number of allylic oxidation sites excluding steroid dienone is 1. The number of carbonyl (C=O) groups is 3. The van der Waals surface area contributed by atoms with Crippen LogP contribution in [0.5, 0.6) is 5.75 Å². The number of rotatable bonds is 11. The van der Waals surface area contributed by atoms with Crippen molar-refractivity contribution in [2.75, 3.05) is 13.7 Å². The number of amides is 3. The van der Waals surface area contributed by atoms with Gasteiger partial charge in [0.05, 0.1) is 36.7 Å². The lowest BCUT2D eigenvalue weighted by Gasteiger charge is -2.46. The summed E-state index contributed by atoms with van der Waals surface area (Å²) < 4.78 is 18.6. The van der Waals surface area contributed by atoms with Crippen molar-refractivity contribution in [3.63, 3.8) is 0 Å². The first-order valence-electron chi connectivity index (χ1n) is 18.7. The molecule has 54 heavy (non-hydrogen) atoms. The summed E-state index contributed by atoms with van der Waals surface area (Å²) in [5.74, 6) is -3.30. The zero-order valence-electron chi connectivity index (χ0n) is 31.6. The van der Waals surface area contributed by atoms with E-state index in [-0.39, 0.29) is 30.1 Å². The van der Waals surface area contributed by atoms with Gasteiger partial charge in [-0.05, 0) is 88.2 Å². The Bertz CT molecular complexity index is 1890. The van der Waals surface area contributed by atoms with Gasteiger partial charge in [0.2, 0.25) is 11.8 Å². The fourth-order valence-corrected chi connectivity index (χ4v) is 13.7. The number of carbonyl (C=O) groups excluding carboxylic acids is 3. The fourth-order valence-electron chi connectivity index (χ4n) is 8.88. The van der Waals surface area contributed by atoms with E-state index in [4.69, 9.17) is 25.4 Å². The molecule has 1 aliphatic carbocycles. The largest absolute Gasteiger partial charge is 0.508 e. The summed E-state index contributed by atoms with van der Waals surface area (Å²) in [4.78, 5) is 41.2. The summed E-state index contributed by atoms with van der Waals surface area (Å²) in [6.07, 6.45) is 3.55. The van der Waals surface area contributed by atoms with Crippen LogP contribution in [-0.4, -0.2) is 68.2 Å². The van der Waals surface area contributed by atoms with Crippen LogP contribution >= 0.6 is 11.6 Å². The molecule has 6 rings (SSSR count). The number of hydrogen-bond donors (Lipinski definition) is 2. The molecule has 0 bridgehead atoms. The molecule has 284 valence electrons. The molecule has 9 nitrogen and oxygen atoms in total. The van der Waals surface area contributed by atoms with Gasteiger partial charge in [0.25, 0.3) is 8.32 Å². The maximum absolute atomic E-state index is 13.9. The van der Waals surface area contributed by atoms with E-state index in [2.05, 4.69) is 52.0 Å². The number of benzene rings is 3. The van der Waals surface area contributed by atoms with Crippen LogP contribution in [0.4, 0.5) is 4.79 Å². The van der Waals surface area contributed by atoms with Crippen molar-refractivity contribution in [2.24, 2.45) is 17.8 Å². The summed E-state index contributed by atoms with van der Waals surface area (Å²) in [6, 6.07) is 25.5. The minimum atomic E-state index is -3.03. The topological polar surface area (TPSA) is 123 Å². The first-order valence-corrected chi connectivity index (χ1v) is 21.0. The number of methoxy groups -OCH3 is 1. The predicted molar refractivity (Wildman–Crippen MR) is 213 cm³/mol. The maximum atomic E-state index is 13.9. The Hall–Kier alpha value is -4.00. The molecule has 3 aromatic carbocycles. The molecule has 2 heterocycles. The third-order valence-electron chi connectivity index (χ3n) is 11.2. The zero-order valence-corrected chi connectivity index (χ0v) is 33.3. The lowest BCUT2D eigenvalue weighted by atomic mass is 9.58. The van der Waals surface area contributed by atoms with Gasteiger partial charge in [-0.2, -0.15) is 4.90 Å². The standard InChI is InChI=1S/C42H49BClNO8Si/c1-6-13-27(22-28-19-20-30(46)24-35(28)44)18-21-36-37-29(23-33-38(34(37)25-43(50)53-36)40(48)45(39(33)47)41(49)51-5)26-52-54(42(2,3)4,31-14-9-7-10-15-31)32-16-11-8-12-17-32/h7-12,14-17,19-20,22,24,33-34,36,38,46,50H,6,13,18,21,23,25-26H2,1-5H3/b27-22+/t33-,34+,36-,38-/m1/s1. The van der Waals surface area contributed by atoms with Gasteiger partial charge in [-0.3, -0.25) is 9.59 Å². The average molecular weight is 770 g/mol. The molecule has 2 aliphatic heterocycles. The molecule has 0 radical (unpaired) electrons. The molecule has 0 unspecified atom stereocenters. The summed E-state index contributed by atoms with van der Waals surface area (Å²) in [5, 5.41) is 23.5. The first-order chi connectivity index (χ1) is 25.8. The van der Waals surface area contributed by atoms with E-state index >= 15 is 0 Å². The Morgan fingerprint density at radius 3 is 2.22 bits per heavy atom. The van der Waals surface area contributed by atoms with E-state index in [1.54, 1.807) is 12.1 Å². The second kappa shape index (κ2) is 16.4. The van der Waals surface area contributed by atoms with Gasteiger partial charge in [0, 0.05) is 0 Å². The van der Waals surface area contributed by atoms with Crippen molar-refractivity contribution < 1.29 is 38.3 Å². The number of hydrogen-bond acceptors (Lipinski definition) is 8. The number of ether oxygens (including phenoxy) is 1. The number of imide groups is 3. The lowest BCUT2D eigenvalue weighted by molar-refractivity contribution is -0.137. The van der Waals surface area contributed by atoms with E-state index in [0.717, 1.165) is 52.6 Å². The Labute approximate surface area is 324 Å². The SMILES string of the molecule is CCC/C(=C\c1ccc(O)cc1Cl)CC[C@H]1OB(O)C[C@H]2C1=C(CO[Si](c1ccccc1)(c1ccccc1)C(C)(C)C)C[C@H]1C(=O)N(C(=O)OC)C(=O)[C@H]12. The highest BCUT2D eigenvalue weighted by atomic mass is 35.5. The lowest BCUT2D eigenvalue weighted by Crippen LogP contribution is -2.66. The molecule has 2 saturated heterocycles. The Kier molecular flexibility index (Phi) is 12.0. The van der Waals surface area contributed by atoms with E-state index in [0.29, 0.717) is 22.8 Å². The summed E-state index contributed by atoms with van der Waals surface area (Å²) >= 11 is 6.49. The van der Waals surface area contributed by atoms with E-state index < -0.39 is 57.2 Å². The van der Waals surface area contributed by atoms with Gasteiger partial charge >= 0.3 is 13.2 Å². The second-order valence-corrected chi connectivity index (χ2v) is 20.3. The monoisotopic (exact) mass is 769 g/mol. The van der Waals surface area contributed by atoms with E-state index in [9.17, 15) is 24.5 Å². The Morgan fingerprint density at radius 1 is 1.00 bits per heavy atom. The molecule has 2 N–H and O–H groups in total. The summed E-state index contributed by atoms with van der Waals surface area (Å²) in [6.45, 7) is 8.89. The van der Waals surface area contributed by atoms with Crippen molar-refractivity contribution in [3.8, 4) is 5.75 Å². The van der Waals surface area contributed by atoms with Crippen LogP contribution in [0, 0.1) is 17.8 Å². The zero-order chi connectivity index (χ0) is 38.8. The van der Waals surface area contributed by atoms with Crippen molar-refractivity contribution in [2.45, 2.75) is 77.3 Å². The fraction of sp³-hybridized carbons (Fsp3) is 0.405. The molecule has 0 saturated carbocycles. The number of fused-ring (bicyclic) bond motifs is 3. The normalized spacial score (nSPS) is 22.0. The van der Waals surface area contributed by atoms with Crippen LogP contribution in [-0.2, 0) is 23.4 Å². The van der Waals surface area contributed by atoms with Crippen LogP contribution < -0.4 is 10.4 Å². The van der Waals surface area contributed by atoms with Crippen molar-refractivity contribution in [3.05, 3.63) is 106 Å². The van der Waals surface area contributed by atoms with Crippen molar-refractivity contribution >= 4 is 61.4 Å². The molecular weight excluding hydrogens is 721 g/mol. The molecule has 3 aromatic rings. The number of phenols is 1. The van der Waals surface area contributed by atoms with Crippen molar-refractivity contribution in [1.82, 2.24) is 4.90 Å². The minimum absolute atomic E-state index is 0.0888. The first kappa shape index (κ1) is 39.7. The Balaban J connectivity index is 1.44. The molecular formula is C42H49BClNO8Si. The molecule has 3 aliphatic rings. The summed E-state index contributed by atoms with van der Waals surface area (Å²) in [7, 11) is -3.05. The third kappa shape index (κ3) is 7.62. The number of likely N-dealkylation sites (tertiary alicyclic amines) is 1. The van der Waals surface area contributed by atoms with Gasteiger partial charge in [-0.1, -0.05) is 118 Å². The molecule has 12 heteroatoms. The van der Waals surface area contributed by atoms with Crippen molar-refractivity contribution in [1.29, 1.82) is 0 Å². The van der Waals surface area contributed by atoms with Gasteiger partial charge < -0.3 is 23.9 Å². The highest BCUT2D eigenvalue weighted by Crippen LogP contribution is 2.51. The van der Waals surface area contributed by atoms with Crippen LogP contribution in [0.2, 0.25) is 16.4 Å². The number of aromatic hydroxyl groups is 1. The number of halogens is 1. The number of phenolic OH excluding ortho intramolecular Hbond substituents is 1. The molecule has 4 atom stereocenters. The average Bonchev–Trinajstić information content (AvgIpc) is 3.40. The maximum Gasteiger partial charge on any atom is 0.455 e. The highest BCUT2D eigenvalue weighted by Gasteiger charge is 2.60. The second-order valence-electron chi connectivity index (χ2n) is 15.5. The summed E-state index contributed by atoms with van der Waals surface area (Å²) in [5.41, 5.74) is 3.64. The van der Waals surface area contributed by atoms with Crippen LogP contribution in [0.15, 0.2) is 95.6 Å². The van der Waals surface area contributed by atoms with Gasteiger partial charge in [0.1, 0.15) is 5.75 Å². The van der Waals surface area contributed by atoms with Gasteiger partial charge in [-0.25, -0.2) is 4.79 Å². The minimum Gasteiger partial charge on any atom is -0.508 e. The van der Waals surface area contributed by atoms with Crippen LogP contribution in [0.3, 0.4) is 0 Å². The van der Waals surface area contributed by atoms with E-state index in [1.165, 1.54) is 6.07 Å². The van der Waals surface area contributed by atoms with E-state index in [1.807, 2.05) is 42.5 Å². The smallest absolute Gasteiger partial charge is 0.455 e. The molecule has 3 amide bonds. The van der Waals surface area contributed by atoms with Crippen LogP contribution in [0.1, 0.15) is 65.4 Å². The molecule has 2 fully saturated rings. The predicted octanol–water partition coefficient (Wildman–Crippen LogP) is 7.15. The number of nitrogens with zero attached hydrogens (tertiary/aromatic N) is 1. The highest BCUT2D eigenvalue weighted by molar-refractivity contribution is 6.99.